The van der Waals surface area contributed by atoms with Gasteiger partial charge in [0, 0.05) is 25.4 Å². The second-order valence-corrected chi connectivity index (χ2v) is 6.34. The Morgan fingerprint density at radius 1 is 1.48 bits per heavy atom. The van der Waals surface area contributed by atoms with E-state index >= 15 is 0 Å². The molecule has 21 heavy (non-hydrogen) atoms. The van der Waals surface area contributed by atoms with Gasteiger partial charge in [-0.05, 0) is 12.5 Å². The first kappa shape index (κ1) is 15.7. The van der Waals surface area contributed by atoms with Gasteiger partial charge in [0.2, 0.25) is 15.9 Å². The molecule has 2 N–H and O–H groups in total. The molecule has 0 bridgehead atoms. The molecule has 0 spiro atoms. The maximum Gasteiger partial charge on any atom is 0.242 e. The summed E-state index contributed by atoms with van der Waals surface area (Å²) in [5.74, 6) is 0.646. The lowest BCUT2D eigenvalue weighted by atomic mass is 10.4. The van der Waals surface area contributed by atoms with Crippen LogP contribution in [0.2, 0.25) is 0 Å². The maximum atomic E-state index is 12.2. The van der Waals surface area contributed by atoms with Crippen LogP contribution in [0.5, 0.6) is 0 Å². The second kappa shape index (κ2) is 6.37. The molecular formula is C12H18N4O4S. The minimum Gasteiger partial charge on any atom is -0.390 e. The summed E-state index contributed by atoms with van der Waals surface area (Å²) in [6.07, 6.45) is 2.36. The average molecular weight is 314 g/mol. The van der Waals surface area contributed by atoms with Crippen molar-refractivity contribution in [3.63, 3.8) is 0 Å². The van der Waals surface area contributed by atoms with Crippen LogP contribution in [0, 0.1) is 6.92 Å². The normalized spacial score (nSPS) is 12.0. The van der Waals surface area contributed by atoms with E-state index in [0.29, 0.717) is 18.1 Å². The van der Waals surface area contributed by atoms with Gasteiger partial charge in [-0.1, -0.05) is 12.1 Å². The van der Waals surface area contributed by atoms with E-state index in [9.17, 15) is 13.5 Å². The quantitative estimate of drug-likeness (QED) is 0.772. The Labute approximate surface area is 122 Å². The number of aromatic nitrogens is 3. The van der Waals surface area contributed by atoms with Crippen molar-refractivity contribution in [2.75, 3.05) is 0 Å². The lowest BCUT2D eigenvalue weighted by molar-refractivity contribution is 0.270. The average Bonchev–Trinajstić information content (AvgIpc) is 3.04. The van der Waals surface area contributed by atoms with Gasteiger partial charge in [0.25, 0.3) is 0 Å². The van der Waals surface area contributed by atoms with Gasteiger partial charge < -0.3 is 14.2 Å². The fourth-order valence-corrected chi connectivity index (χ4v) is 2.95. The summed E-state index contributed by atoms with van der Waals surface area (Å²) in [5, 5.41) is 12.9. The number of hydrogen-bond donors (Lipinski definition) is 2. The van der Waals surface area contributed by atoms with Crippen LogP contribution in [0.3, 0.4) is 0 Å². The van der Waals surface area contributed by atoms with Crippen LogP contribution in [0.1, 0.15) is 30.8 Å². The minimum atomic E-state index is -3.68. The van der Waals surface area contributed by atoms with E-state index in [0.717, 1.165) is 6.42 Å². The summed E-state index contributed by atoms with van der Waals surface area (Å²) in [5.41, 5.74) is 0.563. The number of sulfonamides is 1. The van der Waals surface area contributed by atoms with Crippen LogP contribution in [0.15, 0.2) is 21.7 Å². The van der Waals surface area contributed by atoms with E-state index in [1.54, 1.807) is 11.5 Å². The largest absolute Gasteiger partial charge is 0.390 e. The van der Waals surface area contributed by atoms with Gasteiger partial charge >= 0.3 is 0 Å². The number of aryl methyl sites for hydroxylation is 2. The van der Waals surface area contributed by atoms with Gasteiger partial charge in [-0.3, -0.25) is 0 Å². The number of rotatable bonds is 7. The summed E-state index contributed by atoms with van der Waals surface area (Å²) in [6.45, 7) is 4.00. The zero-order chi connectivity index (χ0) is 15.5. The fourth-order valence-electron chi connectivity index (χ4n) is 1.91. The van der Waals surface area contributed by atoms with E-state index in [1.165, 1.54) is 12.3 Å². The maximum absolute atomic E-state index is 12.2. The molecule has 0 radical (unpaired) electrons. The molecule has 8 nitrogen and oxygen atoms in total. The lowest BCUT2D eigenvalue weighted by Crippen LogP contribution is -2.23. The van der Waals surface area contributed by atoms with E-state index in [2.05, 4.69) is 14.9 Å². The summed E-state index contributed by atoms with van der Waals surface area (Å²) in [6, 6.07) is 1.46. The summed E-state index contributed by atoms with van der Waals surface area (Å²) in [7, 11) is -3.68. The van der Waals surface area contributed by atoms with Gasteiger partial charge in [-0.2, -0.15) is 4.98 Å². The van der Waals surface area contributed by atoms with Crippen LogP contribution in [0.4, 0.5) is 0 Å². The Balaban J connectivity index is 2.15. The molecule has 2 aromatic rings. The third kappa shape index (κ3) is 3.69. The first-order valence-corrected chi connectivity index (χ1v) is 8.03. The minimum absolute atomic E-state index is 0.0485. The third-order valence-electron chi connectivity index (χ3n) is 2.89. The molecule has 0 aromatic carbocycles. The van der Waals surface area contributed by atoms with Crippen molar-refractivity contribution in [1.82, 2.24) is 19.4 Å². The molecule has 0 fully saturated rings. The zero-order valence-electron chi connectivity index (χ0n) is 11.9. The summed E-state index contributed by atoms with van der Waals surface area (Å²) >= 11 is 0. The van der Waals surface area contributed by atoms with Crippen LogP contribution in [-0.4, -0.2) is 28.2 Å². The predicted molar refractivity (Wildman–Crippen MR) is 73.7 cm³/mol. The Hall–Kier alpha value is -1.71. The van der Waals surface area contributed by atoms with Gasteiger partial charge in [0.15, 0.2) is 5.82 Å². The Bertz CT molecular complexity index is 705. The van der Waals surface area contributed by atoms with Gasteiger partial charge in [0.1, 0.15) is 0 Å². The van der Waals surface area contributed by atoms with Crippen molar-refractivity contribution in [1.29, 1.82) is 0 Å². The predicted octanol–water partition coefficient (Wildman–Crippen LogP) is 0.560. The van der Waals surface area contributed by atoms with Crippen molar-refractivity contribution in [3.05, 3.63) is 29.7 Å². The lowest BCUT2D eigenvalue weighted by Gasteiger charge is -2.03. The van der Waals surface area contributed by atoms with Crippen molar-refractivity contribution >= 4 is 10.0 Å². The fraction of sp³-hybridized carbons (Fsp3) is 0.500. The number of nitrogens with zero attached hydrogens (tertiary/aromatic N) is 3. The van der Waals surface area contributed by atoms with Gasteiger partial charge in [-0.15, -0.1) is 0 Å². The van der Waals surface area contributed by atoms with E-state index in [4.69, 9.17) is 4.52 Å². The summed E-state index contributed by atoms with van der Waals surface area (Å²) < 4.78 is 33.3. The first-order valence-electron chi connectivity index (χ1n) is 6.55. The molecule has 2 rings (SSSR count). The Morgan fingerprint density at radius 2 is 2.24 bits per heavy atom. The molecular weight excluding hydrogens is 296 g/mol. The number of aliphatic hydroxyl groups excluding tert-OH is 1. The Kier molecular flexibility index (Phi) is 4.76. The second-order valence-electron chi connectivity index (χ2n) is 4.57. The van der Waals surface area contributed by atoms with Crippen LogP contribution in [-0.2, 0) is 29.7 Å². The molecule has 0 amide bonds. The van der Waals surface area contributed by atoms with Crippen LogP contribution in [0.25, 0.3) is 0 Å². The molecule has 2 aromatic heterocycles. The summed E-state index contributed by atoms with van der Waals surface area (Å²) in [4.78, 5) is 4.04. The highest BCUT2D eigenvalue weighted by Crippen LogP contribution is 2.15. The molecule has 0 saturated heterocycles. The molecule has 9 heteroatoms. The number of aliphatic hydroxyl groups is 1. The highest BCUT2D eigenvalue weighted by molar-refractivity contribution is 7.89. The molecule has 0 atom stereocenters. The Morgan fingerprint density at radius 3 is 2.81 bits per heavy atom. The van der Waals surface area contributed by atoms with E-state index in [1.807, 2.05) is 6.92 Å². The highest BCUT2D eigenvalue weighted by atomic mass is 32.2. The monoisotopic (exact) mass is 314 g/mol. The van der Waals surface area contributed by atoms with Crippen molar-refractivity contribution in [2.45, 2.75) is 44.9 Å². The highest BCUT2D eigenvalue weighted by Gasteiger charge is 2.19. The standard InChI is InChI=1S/C12H18N4O4S/c1-3-4-16-7-11(5-10(16)8-17)21(18,19)13-6-12-14-9(2)20-15-12/h5,7,13,17H,3-4,6,8H2,1-2H3. The van der Waals surface area contributed by atoms with Crippen LogP contribution < -0.4 is 4.72 Å². The topological polar surface area (TPSA) is 110 Å². The van der Waals surface area contributed by atoms with Crippen molar-refractivity contribution in [2.24, 2.45) is 0 Å². The van der Waals surface area contributed by atoms with E-state index < -0.39 is 10.0 Å². The third-order valence-corrected chi connectivity index (χ3v) is 4.26. The molecule has 0 aliphatic heterocycles. The number of hydrogen-bond acceptors (Lipinski definition) is 6. The van der Waals surface area contributed by atoms with Crippen molar-refractivity contribution in [3.8, 4) is 0 Å². The van der Waals surface area contributed by atoms with Gasteiger partial charge in [0.05, 0.1) is 18.0 Å². The molecule has 116 valence electrons. The van der Waals surface area contributed by atoms with Crippen molar-refractivity contribution < 1.29 is 18.0 Å². The SMILES string of the molecule is CCCn1cc(S(=O)(=O)NCc2noc(C)n2)cc1CO. The molecule has 2 heterocycles. The van der Waals surface area contributed by atoms with Crippen LogP contribution >= 0.6 is 0 Å². The molecule has 0 unspecified atom stereocenters. The van der Waals surface area contributed by atoms with E-state index in [-0.39, 0.29) is 23.9 Å². The van der Waals surface area contributed by atoms with Gasteiger partial charge in [-0.25, -0.2) is 13.1 Å². The zero-order valence-corrected chi connectivity index (χ0v) is 12.7. The molecule has 0 aliphatic carbocycles. The first-order chi connectivity index (χ1) is 9.96. The smallest absolute Gasteiger partial charge is 0.242 e. The molecule has 0 aliphatic rings. The number of nitrogens with one attached hydrogen (secondary N) is 1. The molecule has 0 saturated carbocycles.